The summed E-state index contributed by atoms with van der Waals surface area (Å²) in [7, 11) is 0. The van der Waals surface area contributed by atoms with Crippen molar-refractivity contribution in [1.82, 2.24) is 15.2 Å². The molecule has 1 aromatic rings. The summed E-state index contributed by atoms with van der Waals surface area (Å²) in [6.07, 6.45) is 0.971. The van der Waals surface area contributed by atoms with Crippen molar-refractivity contribution in [2.24, 2.45) is 11.1 Å². The third-order valence-electron chi connectivity index (χ3n) is 2.52. The molecule has 0 radical (unpaired) electrons. The van der Waals surface area contributed by atoms with Crippen molar-refractivity contribution in [2.75, 3.05) is 0 Å². The fraction of sp³-hybridized carbons (Fsp3) is 0.818. The molecule has 92 valence electrons. The second-order valence-corrected chi connectivity index (χ2v) is 6.29. The Morgan fingerprint density at radius 3 is 2.44 bits per heavy atom. The highest BCUT2D eigenvalue weighted by Gasteiger charge is 2.31. The normalized spacial score (nSPS) is 16.1. The van der Waals surface area contributed by atoms with Crippen molar-refractivity contribution < 1.29 is 0 Å². The van der Waals surface area contributed by atoms with Gasteiger partial charge in [0, 0.05) is 11.3 Å². The Labute approximate surface area is 102 Å². The number of aryl methyl sites for hydroxylation is 1. The number of nitrogens with two attached hydrogens (primary N) is 1. The molecule has 0 aliphatic carbocycles. The predicted molar refractivity (Wildman–Crippen MR) is 68.5 cm³/mol. The number of hydrogen-bond donors (Lipinski definition) is 2. The van der Waals surface area contributed by atoms with Crippen LogP contribution in [0.4, 0.5) is 0 Å². The zero-order valence-electron chi connectivity index (χ0n) is 10.7. The molecule has 1 rings (SSSR count). The molecular weight excluding hydrogens is 220 g/mol. The van der Waals surface area contributed by atoms with Crippen molar-refractivity contribution in [1.29, 1.82) is 0 Å². The van der Waals surface area contributed by atoms with Gasteiger partial charge in [-0.2, -0.15) is 0 Å². The van der Waals surface area contributed by atoms with Crippen molar-refractivity contribution in [2.45, 2.75) is 57.5 Å². The van der Waals surface area contributed by atoms with Gasteiger partial charge in [-0.05, 0) is 18.8 Å². The van der Waals surface area contributed by atoms with Gasteiger partial charge in [-0.25, -0.2) is 4.98 Å². The van der Waals surface area contributed by atoms with Gasteiger partial charge in [-0.15, -0.1) is 5.10 Å². The van der Waals surface area contributed by atoms with E-state index >= 15 is 0 Å². The van der Waals surface area contributed by atoms with Gasteiger partial charge in [0.15, 0.2) is 0 Å². The van der Waals surface area contributed by atoms with E-state index in [1.165, 1.54) is 0 Å². The smallest absolute Gasteiger partial charge is 0.208 e. The Balaban J connectivity index is 2.79. The quantitative estimate of drug-likeness (QED) is 0.795. The molecule has 16 heavy (non-hydrogen) atoms. The Bertz CT molecular complexity index is 329. The summed E-state index contributed by atoms with van der Waals surface area (Å²) in [6, 6.07) is 0.170. The molecule has 0 bridgehead atoms. The maximum absolute atomic E-state index is 6.17. The van der Waals surface area contributed by atoms with Gasteiger partial charge in [0.05, 0.1) is 0 Å². The molecule has 5 heteroatoms. The van der Waals surface area contributed by atoms with E-state index in [1.54, 1.807) is 11.8 Å². The van der Waals surface area contributed by atoms with E-state index in [9.17, 15) is 0 Å². The number of aromatic nitrogens is 3. The van der Waals surface area contributed by atoms with E-state index in [4.69, 9.17) is 5.73 Å². The van der Waals surface area contributed by atoms with E-state index < -0.39 is 0 Å². The van der Waals surface area contributed by atoms with Gasteiger partial charge in [0.25, 0.3) is 0 Å². The highest BCUT2D eigenvalue weighted by Crippen LogP contribution is 2.36. The Morgan fingerprint density at radius 2 is 2.06 bits per heavy atom. The van der Waals surface area contributed by atoms with Crippen LogP contribution in [-0.2, 0) is 0 Å². The fourth-order valence-electron chi connectivity index (χ4n) is 1.61. The zero-order chi connectivity index (χ0) is 12.3. The summed E-state index contributed by atoms with van der Waals surface area (Å²) in [5.74, 6) is 0.847. The summed E-state index contributed by atoms with van der Waals surface area (Å²) in [5, 5.41) is 8.14. The van der Waals surface area contributed by atoms with Gasteiger partial charge >= 0.3 is 0 Å². The molecule has 0 amide bonds. The number of hydrogen-bond acceptors (Lipinski definition) is 4. The van der Waals surface area contributed by atoms with Gasteiger partial charge in [-0.3, -0.25) is 5.10 Å². The molecule has 0 spiro atoms. The summed E-state index contributed by atoms with van der Waals surface area (Å²) >= 11 is 1.67. The van der Waals surface area contributed by atoms with Crippen LogP contribution >= 0.6 is 11.8 Å². The predicted octanol–water partition coefficient (Wildman–Crippen LogP) is 2.36. The van der Waals surface area contributed by atoms with Crippen molar-refractivity contribution in [3.8, 4) is 0 Å². The minimum atomic E-state index is 0.147. The molecule has 0 aliphatic heterocycles. The van der Waals surface area contributed by atoms with Crippen LogP contribution < -0.4 is 5.73 Å². The van der Waals surface area contributed by atoms with Gasteiger partial charge in [0.2, 0.25) is 5.16 Å². The molecule has 0 aliphatic rings. The molecular formula is C11H22N4S. The van der Waals surface area contributed by atoms with Crippen molar-refractivity contribution in [3.05, 3.63) is 5.82 Å². The van der Waals surface area contributed by atoms with E-state index in [2.05, 4.69) is 42.9 Å². The van der Waals surface area contributed by atoms with E-state index in [0.717, 1.165) is 17.4 Å². The highest BCUT2D eigenvalue weighted by atomic mass is 32.2. The zero-order valence-corrected chi connectivity index (χ0v) is 11.6. The topological polar surface area (TPSA) is 67.6 Å². The molecule has 0 aromatic carbocycles. The van der Waals surface area contributed by atoms with E-state index in [0.29, 0.717) is 5.25 Å². The minimum absolute atomic E-state index is 0.147. The molecule has 1 heterocycles. The minimum Gasteiger partial charge on any atom is -0.327 e. The average Bonchev–Trinajstić information content (AvgIpc) is 2.57. The number of rotatable bonds is 4. The molecule has 1 aromatic heterocycles. The van der Waals surface area contributed by atoms with Crippen LogP contribution in [-0.4, -0.2) is 26.5 Å². The van der Waals surface area contributed by atoms with Crippen LogP contribution in [0.25, 0.3) is 0 Å². The lowest BCUT2D eigenvalue weighted by Crippen LogP contribution is -2.40. The second kappa shape index (κ2) is 5.19. The lowest BCUT2D eigenvalue weighted by Gasteiger charge is -2.33. The molecule has 2 unspecified atom stereocenters. The molecule has 2 atom stereocenters. The molecule has 3 N–H and O–H groups in total. The SMILES string of the molecule is CCC(N)C(Sc1n[nH]c(C)n1)C(C)(C)C. The van der Waals surface area contributed by atoms with Crippen LogP contribution in [0.5, 0.6) is 0 Å². The Morgan fingerprint density at radius 1 is 1.44 bits per heavy atom. The summed E-state index contributed by atoms with van der Waals surface area (Å²) in [5.41, 5.74) is 6.32. The first kappa shape index (κ1) is 13.5. The van der Waals surface area contributed by atoms with Crippen molar-refractivity contribution >= 4 is 11.8 Å². The Hall–Kier alpha value is -0.550. The van der Waals surface area contributed by atoms with E-state index in [1.807, 2.05) is 6.92 Å². The summed E-state index contributed by atoms with van der Waals surface area (Å²) in [4.78, 5) is 4.32. The number of thioether (sulfide) groups is 1. The first-order valence-corrected chi connectivity index (χ1v) is 6.53. The van der Waals surface area contributed by atoms with E-state index in [-0.39, 0.29) is 11.5 Å². The molecule has 4 nitrogen and oxygen atoms in total. The fourth-order valence-corrected chi connectivity index (χ4v) is 2.84. The standard InChI is InChI=1S/C11H22N4S/c1-6-8(12)9(11(3,4)5)16-10-13-7(2)14-15-10/h8-9H,6,12H2,1-5H3,(H,13,14,15). The van der Waals surface area contributed by atoms with Crippen LogP contribution in [0, 0.1) is 12.3 Å². The molecule has 0 fully saturated rings. The highest BCUT2D eigenvalue weighted by molar-refractivity contribution is 7.99. The van der Waals surface area contributed by atoms with Crippen LogP contribution in [0.2, 0.25) is 0 Å². The molecule has 0 saturated heterocycles. The van der Waals surface area contributed by atoms with Gasteiger partial charge in [0.1, 0.15) is 5.82 Å². The first-order chi connectivity index (χ1) is 7.34. The van der Waals surface area contributed by atoms with Crippen LogP contribution in [0.15, 0.2) is 5.16 Å². The maximum Gasteiger partial charge on any atom is 0.208 e. The lowest BCUT2D eigenvalue weighted by molar-refractivity contribution is 0.349. The maximum atomic E-state index is 6.17. The molecule has 0 saturated carbocycles. The monoisotopic (exact) mass is 242 g/mol. The van der Waals surface area contributed by atoms with Crippen molar-refractivity contribution in [3.63, 3.8) is 0 Å². The number of H-pyrrole nitrogens is 1. The number of nitrogens with one attached hydrogen (secondary N) is 1. The number of nitrogens with zero attached hydrogens (tertiary/aromatic N) is 2. The number of aromatic amines is 1. The van der Waals surface area contributed by atoms with Crippen LogP contribution in [0.1, 0.15) is 39.9 Å². The largest absolute Gasteiger partial charge is 0.327 e. The lowest BCUT2D eigenvalue weighted by atomic mass is 9.87. The van der Waals surface area contributed by atoms with Crippen LogP contribution in [0.3, 0.4) is 0 Å². The van der Waals surface area contributed by atoms with Gasteiger partial charge in [-0.1, -0.05) is 39.5 Å². The third-order valence-corrected chi connectivity index (χ3v) is 4.23. The Kier molecular flexibility index (Phi) is 4.38. The summed E-state index contributed by atoms with van der Waals surface area (Å²) in [6.45, 7) is 10.6. The summed E-state index contributed by atoms with van der Waals surface area (Å²) < 4.78 is 0. The van der Waals surface area contributed by atoms with Gasteiger partial charge < -0.3 is 5.73 Å². The third kappa shape index (κ3) is 3.49. The average molecular weight is 242 g/mol. The first-order valence-electron chi connectivity index (χ1n) is 5.65. The second-order valence-electron chi connectivity index (χ2n) is 5.18.